The van der Waals surface area contributed by atoms with Gasteiger partial charge in [0.2, 0.25) is 0 Å². The minimum absolute atomic E-state index is 0.0725. The van der Waals surface area contributed by atoms with Crippen molar-refractivity contribution < 1.29 is 28.6 Å². The first-order valence-corrected chi connectivity index (χ1v) is 30.1. The van der Waals surface area contributed by atoms with Gasteiger partial charge in [0.1, 0.15) is 13.2 Å². The molecule has 0 aliphatic heterocycles. The maximum Gasteiger partial charge on any atom is 0.306 e. The quantitative estimate of drug-likeness (QED) is 0.0262. The zero-order valence-electron chi connectivity index (χ0n) is 46.1. The van der Waals surface area contributed by atoms with Gasteiger partial charge in [-0.25, -0.2) is 0 Å². The molecule has 0 N–H and O–H groups in total. The summed E-state index contributed by atoms with van der Waals surface area (Å²) in [4.78, 5) is 38.0. The fraction of sp³-hybridized carbons (Fsp3) is 0.825. The van der Waals surface area contributed by atoms with E-state index in [1.54, 1.807) is 0 Å². The molecule has 6 nitrogen and oxygen atoms in total. The summed E-state index contributed by atoms with van der Waals surface area (Å²) in [5, 5.41) is 0. The molecule has 0 aromatic carbocycles. The van der Waals surface area contributed by atoms with Crippen molar-refractivity contribution in [2.24, 2.45) is 0 Å². The lowest BCUT2D eigenvalue weighted by Crippen LogP contribution is -2.30. The number of ether oxygens (including phenoxy) is 3. The summed E-state index contributed by atoms with van der Waals surface area (Å²) < 4.78 is 16.8. The van der Waals surface area contributed by atoms with Crippen LogP contribution in [0, 0.1) is 0 Å². The van der Waals surface area contributed by atoms with Crippen molar-refractivity contribution in [3.05, 3.63) is 48.6 Å². The molecular weight excluding hydrogens is 853 g/mol. The van der Waals surface area contributed by atoms with Gasteiger partial charge in [-0.15, -0.1) is 0 Å². The summed E-state index contributed by atoms with van der Waals surface area (Å²) in [7, 11) is 0. The Labute approximate surface area is 428 Å². The van der Waals surface area contributed by atoms with E-state index in [1.165, 1.54) is 186 Å². The standard InChI is InChI=1S/C63H114O6/c1-4-7-10-13-16-18-20-22-24-26-28-30-31-33-34-36-38-40-42-44-47-50-53-56-62(65)68-59-60(58-67-61(64)55-52-49-46-15-12-9-6-3)69-63(66)57-54-51-48-45-43-41-39-37-35-32-29-27-25-23-21-19-17-14-11-8-5-2/h8,11,17,19,23,25,29,32,60H,4-7,9-10,12-16,18,20-22,24,26-28,30-31,33-59H2,1-3H3/b11-8-,19-17-,25-23-,32-29-. The van der Waals surface area contributed by atoms with Gasteiger partial charge in [0, 0.05) is 19.3 Å². The summed E-state index contributed by atoms with van der Waals surface area (Å²) in [6.07, 6.45) is 71.4. The van der Waals surface area contributed by atoms with E-state index in [1.807, 2.05) is 0 Å². The maximum atomic E-state index is 12.8. The molecule has 0 radical (unpaired) electrons. The van der Waals surface area contributed by atoms with Crippen molar-refractivity contribution in [1.82, 2.24) is 0 Å². The first kappa shape index (κ1) is 66.4. The predicted octanol–water partition coefficient (Wildman–Crippen LogP) is 20.2. The van der Waals surface area contributed by atoms with Crippen molar-refractivity contribution >= 4 is 17.9 Å². The minimum atomic E-state index is -0.773. The van der Waals surface area contributed by atoms with E-state index in [4.69, 9.17) is 14.2 Å². The van der Waals surface area contributed by atoms with Crippen LogP contribution in [-0.2, 0) is 28.6 Å². The van der Waals surface area contributed by atoms with Crippen LogP contribution in [0.15, 0.2) is 48.6 Å². The molecule has 0 aromatic heterocycles. The van der Waals surface area contributed by atoms with Gasteiger partial charge in [0.05, 0.1) is 0 Å². The van der Waals surface area contributed by atoms with Crippen LogP contribution in [0.3, 0.4) is 0 Å². The van der Waals surface area contributed by atoms with Crippen LogP contribution < -0.4 is 0 Å². The zero-order chi connectivity index (χ0) is 50.0. The van der Waals surface area contributed by atoms with Gasteiger partial charge in [-0.05, 0) is 57.8 Å². The number of hydrogen-bond donors (Lipinski definition) is 0. The number of rotatable bonds is 55. The van der Waals surface area contributed by atoms with Crippen molar-refractivity contribution in [2.75, 3.05) is 13.2 Å². The second-order valence-corrected chi connectivity index (χ2v) is 20.2. The molecular formula is C63H114O6. The Balaban J connectivity index is 4.14. The summed E-state index contributed by atoms with van der Waals surface area (Å²) in [6, 6.07) is 0. The average molecular weight is 968 g/mol. The third-order valence-electron chi connectivity index (χ3n) is 13.3. The van der Waals surface area contributed by atoms with Gasteiger partial charge in [-0.2, -0.15) is 0 Å². The van der Waals surface area contributed by atoms with E-state index < -0.39 is 6.10 Å². The Hall–Kier alpha value is -2.63. The fourth-order valence-corrected chi connectivity index (χ4v) is 8.85. The Morgan fingerprint density at radius 2 is 0.565 bits per heavy atom. The maximum absolute atomic E-state index is 12.8. The number of carbonyl (C=O) groups is 3. The van der Waals surface area contributed by atoms with E-state index >= 15 is 0 Å². The Morgan fingerprint density at radius 3 is 0.884 bits per heavy atom. The zero-order valence-corrected chi connectivity index (χ0v) is 46.1. The van der Waals surface area contributed by atoms with Crippen molar-refractivity contribution in [3.63, 3.8) is 0 Å². The van der Waals surface area contributed by atoms with Gasteiger partial charge in [0.25, 0.3) is 0 Å². The monoisotopic (exact) mass is 967 g/mol. The van der Waals surface area contributed by atoms with Gasteiger partial charge in [-0.3, -0.25) is 14.4 Å². The fourth-order valence-electron chi connectivity index (χ4n) is 8.85. The Kier molecular flexibility index (Phi) is 55.7. The van der Waals surface area contributed by atoms with Crippen LogP contribution in [0.2, 0.25) is 0 Å². The molecule has 402 valence electrons. The number of hydrogen-bond acceptors (Lipinski definition) is 6. The molecule has 0 heterocycles. The van der Waals surface area contributed by atoms with E-state index in [-0.39, 0.29) is 31.1 Å². The molecule has 0 spiro atoms. The van der Waals surface area contributed by atoms with E-state index in [0.29, 0.717) is 19.3 Å². The van der Waals surface area contributed by atoms with Gasteiger partial charge in [-0.1, -0.05) is 288 Å². The normalized spacial score (nSPS) is 12.3. The molecule has 0 rings (SSSR count). The largest absolute Gasteiger partial charge is 0.462 e. The van der Waals surface area contributed by atoms with Gasteiger partial charge >= 0.3 is 17.9 Å². The highest BCUT2D eigenvalue weighted by Crippen LogP contribution is 2.17. The lowest BCUT2D eigenvalue weighted by molar-refractivity contribution is -0.167. The van der Waals surface area contributed by atoms with Crippen LogP contribution in [0.25, 0.3) is 0 Å². The molecule has 0 aliphatic carbocycles. The molecule has 0 aromatic rings. The molecule has 0 fully saturated rings. The predicted molar refractivity (Wildman–Crippen MR) is 298 cm³/mol. The average Bonchev–Trinajstić information content (AvgIpc) is 3.35. The second-order valence-electron chi connectivity index (χ2n) is 20.2. The summed E-state index contributed by atoms with van der Waals surface area (Å²) in [5.41, 5.74) is 0. The molecule has 69 heavy (non-hydrogen) atoms. The molecule has 0 bridgehead atoms. The van der Waals surface area contributed by atoms with Crippen LogP contribution >= 0.6 is 0 Å². The number of unbranched alkanes of at least 4 members (excludes halogenated alkanes) is 36. The Bertz CT molecular complexity index is 1200. The molecule has 0 aliphatic rings. The SMILES string of the molecule is CC/C=C\C/C=C\C/C=C\C/C=C\CCCCCCCCCCC(=O)OC(COC(=O)CCCCCCCCC)COC(=O)CCCCCCCCCCCCCCCCCCCCCCCCC. The van der Waals surface area contributed by atoms with E-state index in [0.717, 1.165) is 89.9 Å². The van der Waals surface area contributed by atoms with E-state index in [9.17, 15) is 14.4 Å². The molecule has 1 atom stereocenters. The van der Waals surface area contributed by atoms with Gasteiger partial charge in [0.15, 0.2) is 6.10 Å². The lowest BCUT2D eigenvalue weighted by Gasteiger charge is -2.18. The topological polar surface area (TPSA) is 78.9 Å². The summed E-state index contributed by atoms with van der Waals surface area (Å²) in [6.45, 7) is 6.52. The molecule has 1 unspecified atom stereocenters. The highest BCUT2D eigenvalue weighted by atomic mass is 16.6. The summed E-state index contributed by atoms with van der Waals surface area (Å²) >= 11 is 0. The van der Waals surface area contributed by atoms with Crippen LogP contribution in [0.4, 0.5) is 0 Å². The summed E-state index contributed by atoms with van der Waals surface area (Å²) in [5.74, 6) is -0.871. The van der Waals surface area contributed by atoms with Gasteiger partial charge < -0.3 is 14.2 Å². The van der Waals surface area contributed by atoms with Crippen molar-refractivity contribution in [3.8, 4) is 0 Å². The van der Waals surface area contributed by atoms with Crippen LogP contribution in [0.1, 0.15) is 316 Å². The number of esters is 3. The molecule has 0 saturated carbocycles. The molecule has 0 amide bonds. The second kappa shape index (κ2) is 57.9. The molecule has 0 saturated heterocycles. The van der Waals surface area contributed by atoms with Crippen molar-refractivity contribution in [2.45, 2.75) is 322 Å². The third kappa shape index (κ3) is 56.2. The van der Waals surface area contributed by atoms with E-state index in [2.05, 4.69) is 69.4 Å². The number of carbonyl (C=O) groups excluding carboxylic acids is 3. The highest BCUT2D eigenvalue weighted by Gasteiger charge is 2.19. The van der Waals surface area contributed by atoms with Crippen molar-refractivity contribution in [1.29, 1.82) is 0 Å². The smallest absolute Gasteiger partial charge is 0.306 e. The first-order chi connectivity index (χ1) is 34.0. The third-order valence-corrected chi connectivity index (χ3v) is 13.3. The minimum Gasteiger partial charge on any atom is -0.462 e. The number of allylic oxidation sites excluding steroid dienone is 8. The van der Waals surface area contributed by atoms with Crippen LogP contribution in [0.5, 0.6) is 0 Å². The lowest BCUT2D eigenvalue weighted by atomic mass is 10.0. The van der Waals surface area contributed by atoms with Crippen LogP contribution in [-0.4, -0.2) is 37.2 Å². The Morgan fingerprint density at radius 1 is 0.304 bits per heavy atom. The first-order valence-electron chi connectivity index (χ1n) is 30.1. The highest BCUT2D eigenvalue weighted by molar-refractivity contribution is 5.71. The molecule has 6 heteroatoms.